The Hall–Kier alpha value is -3.47. The van der Waals surface area contributed by atoms with Crippen molar-refractivity contribution in [1.82, 2.24) is 14.5 Å². The minimum absolute atomic E-state index is 0.250. The number of rotatable bonds is 2. The Labute approximate surface area is 145 Å². The average Bonchev–Trinajstić information content (AvgIpc) is 3.04. The van der Waals surface area contributed by atoms with Gasteiger partial charge in [-0.05, 0) is 18.2 Å². The number of benzene rings is 2. The lowest BCUT2D eigenvalue weighted by Crippen LogP contribution is -1.95. The molecule has 0 atom stereocenters. The first-order chi connectivity index (χ1) is 12.2. The molecule has 2 heterocycles. The number of carbonyl (C=O) groups is 1. The molecule has 4 aromatic rings. The summed E-state index contributed by atoms with van der Waals surface area (Å²) in [6, 6.07) is 20.6. The van der Waals surface area contributed by atoms with Gasteiger partial charge in [0.25, 0.3) is 6.47 Å². The van der Waals surface area contributed by atoms with Crippen LogP contribution in [-0.4, -0.2) is 26.1 Å². The van der Waals surface area contributed by atoms with Crippen LogP contribution in [0.2, 0.25) is 0 Å². The number of nitrogens with zero attached hydrogens (tertiary/aromatic N) is 3. The van der Waals surface area contributed by atoms with E-state index >= 15 is 0 Å². The minimum atomic E-state index is -0.250. The van der Waals surface area contributed by atoms with Crippen LogP contribution in [0.4, 0.5) is 0 Å². The van der Waals surface area contributed by atoms with Gasteiger partial charge in [0.2, 0.25) is 0 Å². The van der Waals surface area contributed by atoms with E-state index in [0.29, 0.717) is 0 Å². The third-order valence-electron chi connectivity index (χ3n) is 3.92. The maximum atomic E-state index is 8.36. The number of fused-ring (bicyclic) bond motifs is 1. The van der Waals surface area contributed by atoms with E-state index in [1.807, 2.05) is 36.7 Å². The van der Waals surface area contributed by atoms with Crippen molar-refractivity contribution in [3.63, 3.8) is 0 Å². The quantitative estimate of drug-likeness (QED) is 0.564. The Morgan fingerprint density at radius 2 is 1.72 bits per heavy atom. The number of hydrogen-bond donors (Lipinski definition) is 1. The van der Waals surface area contributed by atoms with Crippen molar-refractivity contribution >= 4 is 17.4 Å². The molecule has 2 aromatic heterocycles. The molecule has 0 saturated carbocycles. The van der Waals surface area contributed by atoms with Gasteiger partial charge in [-0.1, -0.05) is 42.5 Å². The highest BCUT2D eigenvalue weighted by atomic mass is 16.3. The van der Waals surface area contributed by atoms with Crippen LogP contribution >= 0.6 is 0 Å². The van der Waals surface area contributed by atoms with Gasteiger partial charge in [-0.15, -0.1) is 0 Å². The molecule has 124 valence electrons. The van der Waals surface area contributed by atoms with Crippen LogP contribution in [0.25, 0.3) is 33.5 Å². The summed E-state index contributed by atoms with van der Waals surface area (Å²) in [5, 5.41) is 8.03. The summed E-state index contributed by atoms with van der Waals surface area (Å²) in [5.74, 6) is 0.974. The molecule has 0 aliphatic carbocycles. The summed E-state index contributed by atoms with van der Waals surface area (Å²) in [6.45, 7) is -0.250. The van der Waals surface area contributed by atoms with E-state index in [-0.39, 0.29) is 6.47 Å². The summed E-state index contributed by atoms with van der Waals surface area (Å²) in [7, 11) is 2.05. The van der Waals surface area contributed by atoms with Crippen LogP contribution in [0, 0.1) is 0 Å². The van der Waals surface area contributed by atoms with E-state index in [2.05, 4.69) is 58.0 Å². The average molecular weight is 331 g/mol. The van der Waals surface area contributed by atoms with E-state index in [0.717, 1.165) is 33.5 Å². The lowest BCUT2D eigenvalue weighted by atomic mass is 10.1. The van der Waals surface area contributed by atoms with Crippen molar-refractivity contribution < 1.29 is 9.90 Å². The van der Waals surface area contributed by atoms with E-state index in [9.17, 15) is 0 Å². The van der Waals surface area contributed by atoms with Crippen LogP contribution in [0.3, 0.4) is 0 Å². The summed E-state index contributed by atoms with van der Waals surface area (Å²) in [6.07, 6.45) is 3.75. The topological polar surface area (TPSA) is 68.0 Å². The smallest absolute Gasteiger partial charge is 0.290 e. The van der Waals surface area contributed by atoms with Crippen molar-refractivity contribution in [2.75, 3.05) is 0 Å². The summed E-state index contributed by atoms with van der Waals surface area (Å²) in [5.41, 5.74) is 4.39. The van der Waals surface area contributed by atoms with Gasteiger partial charge in [0.15, 0.2) is 0 Å². The zero-order valence-electron chi connectivity index (χ0n) is 13.7. The molecule has 0 spiro atoms. The molecular formula is C20H17N3O2. The predicted molar refractivity (Wildman–Crippen MR) is 98.1 cm³/mol. The van der Waals surface area contributed by atoms with Crippen molar-refractivity contribution in [3.8, 4) is 22.6 Å². The number of pyridine rings is 1. The fraction of sp³-hybridized carbons (Fsp3) is 0.0500. The third kappa shape index (κ3) is 3.40. The fourth-order valence-electron chi connectivity index (χ4n) is 2.77. The number of carboxylic acid groups (broad SMARTS) is 1. The van der Waals surface area contributed by atoms with Crippen LogP contribution in [0.15, 0.2) is 73.1 Å². The van der Waals surface area contributed by atoms with Gasteiger partial charge in [-0.3, -0.25) is 9.78 Å². The molecule has 0 bridgehead atoms. The van der Waals surface area contributed by atoms with E-state index in [1.165, 1.54) is 0 Å². The second-order valence-electron chi connectivity index (χ2n) is 5.41. The molecule has 1 N–H and O–H groups in total. The first kappa shape index (κ1) is 16.4. The van der Waals surface area contributed by atoms with Gasteiger partial charge in [0, 0.05) is 29.8 Å². The van der Waals surface area contributed by atoms with Crippen LogP contribution in [0.5, 0.6) is 0 Å². The first-order valence-corrected chi connectivity index (χ1v) is 7.74. The Morgan fingerprint density at radius 1 is 0.960 bits per heavy atom. The summed E-state index contributed by atoms with van der Waals surface area (Å²) >= 11 is 0. The van der Waals surface area contributed by atoms with Gasteiger partial charge < -0.3 is 9.67 Å². The SMILES string of the molecule is Cn1c(-c2ccc3ncccc3c2)cnc1-c1ccccc1.O=CO. The molecule has 4 rings (SSSR count). The number of hydrogen-bond acceptors (Lipinski definition) is 3. The van der Waals surface area contributed by atoms with Gasteiger partial charge in [0.05, 0.1) is 17.4 Å². The van der Waals surface area contributed by atoms with E-state index in [4.69, 9.17) is 9.90 Å². The molecule has 0 aliphatic rings. The maximum Gasteiger partial charge on any atom is 0.290 e. The number of imidazole rings is 1. The van der Waals surface area contributed by atoms with E-state index in [1.54, 1.807) is 0 Å². The molecule has 0 unspecified atom stereocenters. The lowest BCUT2D eigenvalue weighted by Gasteiger charge is -2.07. The standard InChI is InChI=1S/C19H15N3.CH2O2/c1-22-18(13-21-19(22)14-6-3-2-4-7-14)16-9-10-17-15(12-16)8-5-11-20-17;2-1-3/h2-13H,1H3;1H,(H,2,3). The molecule has 5 heteroatoms. The predicted octanol–water partition coefficient (Wildman–Crippen LogP) is 4.00. The normalized spacial score (nSPS) is 10.1. The number of aromatic nitrogens is 3. The molecule has 2 aromatic carbocycles. The zero-order valence-corrected chi connectivity index (χ0v) is 13.7. The molecular weight excluding hydrogens is 314 g/mol. The van der Waals surface area contributed by atoms with Crippen molar-refractivity contribution in [2.45, 2.75) is 0 Å². The second-order valence-corrected chi connectivity index (χ2v) is 5.41. The Balaban J connectivity index is 0.000000569. The van der Waals surface area contributed by atoms with Crippen LogP contribution < -0.4 is 0 Å². The van der Waals surface area contributed by atoms with Gasteiger partial charge in [-0.25, -0.2) is 4.98 Å². The molecule has 0 amide bonds. The highest BCUT2D eigenvalue weighted by Crippen LogP contribution is 2.27. The fourth-order valence-corrected chi connectivity index (χ4v) is 2.77. The molecule has 5 nitrogen and oxygen atoms in total. The molecule has 0 aliphatic heterocycles. The van der Waals surface area contributed by atoms with E-state index < -0.39 is 0 Å². The molecule has 25 heavy (non-hydrogen) atoms. The molecule has 0 radical (unpaired) electrons. The highest BCUT2D eigenvalue weighted by Gasteiger charge is 2.10. The second kappa shape index (κ2) is 7.40. The Kier molecular flexibility index (Phi) is 4.85. The Bertz CT molecular complexity index is 994. The van der Waals surface area contributed by atoms with Gasteiger partial charge in [0.1, 0.15) is 5.82 Å². The highest BCUT2D eigenvalue weighted by molar-refractivity contribution is 5.84. The largest absolute Gasteiger partial charge is 0.483 e. The third-order valence-corrected chi connectivity index (χ3v) is 3.92. The van der Waals surface area contributed by atoms with Gasteiger partial charge in [-0.2, -0.15) is 0 Å². The summed E-state index contributed by atoms with van der Waals surface area (Å²) < 4.78 is 2.13. The Morgan fingerprint density at radius 3 is 2.48 bits per heavy atom. The van der Waals surface area contributed by atoms with Crippen LogP contribution in [-0.2, 0) is 11.8 Å². The van der Waals surface area contributed by atoms with Crippen LogP contribution in [0.1, 0.15) is 0 Å². The lowest BCUT2D eigenvalue weighted by molar-refractivity contribution is -0.122. The van der Waals surface area contributed by atoms with Crippen molar-refractivity contribution in [1.29, 1.82) is 0 Å². The molecule has 0 fully saturated rings. The van der Waals surface area contributed by atoms with Crippen molar-refractivity contribution in [3.05, 3.63) is 73.1 Å². The summed E-state index contributed by atoms with van der Waals surface area (Å²) in [4.78, 5) is 17.3. The monoisotopic (exact) mass is 331 g/mol. The minimum Gasteiger partial charge on any atom is -0.483 e. The van der Waals surface area contributed by atoms with Gasteiger partial charge >= 0.3 is 0 Å². The van der Waals surface area contributed by atoms with Crippen molar-refractivity contribution in [2.24, 2.45) is 7.05 Å². The zero-order chi connectivity index (χ0) is 17.6. The first-order valence-electron chi connectivity index (χ1n) is 7.74. The maximum absolute atomic E-state index is 8.36. The molecule has 0 saturated heterocycles.